The Bertz CT molecular complexity index is 692. The summed E-state index contributed by atoms with van der Waals surface area (Å²) in [6.07, 6.45) is 6.48. The zero-order chi connectivity index (χ0) is 17.1. The van der Waals surface area contributed by atoms with Gasteiger partial charge in [0.1, 0.15) is 5.82 Å². The molecular formula is C22H29N3. The molecule has 0 amide bonds. The van der Waals surface area contributed by atoms with E-state index in [-0.39, 0.29) is 0 Å². The Morgan fingerprint density at radius 1 is 0.920 bits per heavy atom. The van der Waals surface area contributed by atoms with E-state index in [1.165, 1.54) is 61.3 Å². The summed E-state index contributed by atoms with van der Waals surface area (Å²) in [5.74, 6) is 1.17. The number of aromatic nitrogens is 1. The van der Waals surface area contributed by atoms with Crippen molar-refractivity contribution in [3.05, 3.63) is 59.3 Å². The van der Waals surface area contributed by atoms with Crippen LogP contribution in [0.3, 0.4) is 0 Å². The van der Waals surface area contributed by atoms with E-state index in [9.17, 15) is 0 Å². The highest BCUT2D eigenvalue weighted by atomic mass is 15.2. The van der Waals surface area contributed by atoms with Gasteiger partial charge in [0.2, 0.25) is 0 Å². The molecule has 3 nitrogen and oxygen atoms in total. The van der Waals surface area contributed by atoms with E-state index in [1.807, 2.05) is 0 Å². The maximum atomic E-state index is 4.97. The van der Waals surface area contributed by atoms with Crippen LogP contribution in [0.4, 0.5) is 5.82 Å². The van der Waals surface area contributed by atoms with Gasteiger partial charge in [0.05, 0.1) is 0 Å². The summed E-state index contributed by atoms with van der Waals surface area (Å²) >= 11 is 0. The lowest BCUT2D eigenvalue weighted by Gasteiger charge is -2.36. The number of aryl methyl sites for hydroxylation is 1. The minimum atomic E-state index is 0.508. The van der Waals surface area contributed by atoms with E-state index < -0.39 is 0 Å². The third kappa shape index (κ3) is 3.72. The first-order valence-corrected chi connectivity index (χ1v) is 9.82. The van der Waals surface area contributed by atoms with Gasteiger partial charge in [0.15, 0.2) is 0 Å². The summed E-state index contributed by atoms with van der Waals surface area (Å²) in [4.78, 5) is 10.1. The first-order valence-electron chi connectivity index (χ1n) is 9.82. The molecule has 2 aliphatic rings. The van der Waals surface area contributed by atoms with Crippen molar-refractivity contribution in [2.75, 3.05) is 24.5 Å². The number of piperidine rings is 1. The number of hydrogen-bond acceptors (Lipinski definition) is 3. The van der Waals surface area contributed by atoms with Crippen LogP contribution in [0.25, 0.3) is 0 Å². The van der Waals surface area contributed by atoms with E-state index in [1.54, 1.807) is 0 Å². The van der Waals surface area contributed by atoms with Crippen molar-refractivity contribution >= 4 is 5.82 Å². The summed E-state index contributed by atoms with van der Waals surface area (Å²) in [7, 11) is 0. The Morgan fingerprint density at radius 2 is 1.68 bits per heavy atom. The van der Waals surface area contributed by atoms with Gasteiger partial charge < -0.3 is 4.90 Å². The van der Waals surface area contributed by atoms with Crippen molar-refractivity contribution in [1.82, 2.24) is 9.88 Å². The fourth-order valence-corrected chi connectivity index (χ4v) is 4.38. The number of anilines is 1. The minimum absolute atomic E-state index is 0.508. The molecule has 2 aliphatic heterocycles. The smallest absolute Gasteiger partial charge is 0.128 e. The topological polar surface area (TPSA) is 19.4 Å². The number of nitrogens with zero attached hydrogens (tertiary/aromatic N) is 3. The quantitative estimate of drug-likeness (QED) is 0.806. The van der Waals surface area contributed by atoms with E-state index >= 15 is 0 Å². The van der Waals surface area contributed by atoms with Crippen LogP contribution in [-0.4, -0.2) is 29.5 Å². The van der Waals surface area contributed by atoms with Gasteiger partial charge in [-0.2, -0.15) is 0 Å². The molecule has 0 bridgehead atoms. The molecule has 1 atom stereocenters. The van der Waals surface area contributed by atoms with Crippen LogP contribution in [0.5, 0.6) is 0 Å². The van der Waals surface area contributed by atoms with Crippen molar-refractivity contribution < 1.29 is 0 Å². The SMILES string of the molecule is Cc1nc(N2CCCC2)ccc1[C@H]1CCCCN1Cc1ccccc1. The van der Waals surface area contributed by atoms with Crippen LogP contribution in [-0.2, 0) is 6.54 Å². The molecule has 3 heteroatoms. The van der Waals surface area contributed by atoms with Gasteiger partial charge in [-0.1, -0.05) is 42.8 Å². The van der Waals surface area contributed by atoms with E-state index in [0.717, 1.165) is 19.6 Å². The average molecular weight is 335 g/mol. The van der Waals surface area contributed by atoms with E-state index in [2.05, 4.69) is 59.2 Å². The molecule has 0 spiro atoms. The number of pyridine rings is 1. The summed E-state index contributed by atoms with van der Waals surface area (Å²) in [5.41, 5.74) is 4.06. The van der Waals surface area contributed by atoms with Crippen LogP contribution in [0, 0.1) is 6.92 Å². The third-order valence-corrected chi connectivity index (χ3v) is 5.74. The number of likely N-dealkylation sites (tertiary alicyclic amines) is 1. The van der Waals surface area contributed by atoms with Gasteiger partial charge in [-0.3, -0.25) is 4.90 Å². The van der Waals surface area contributed by atoms with Crippen molar-refractivity contribution in [3.8, 4) is 0 Å². The fraction of sp³-hybridized carbons (Fsp3) is 0.500. The summed E-state index contributed by atoms with van der Waals surface area (Å²) < 4.78 is 0. The molecule has 0 saturated carbocycles. The van der Waals surface area contributed by atoms with Gasteiger partial charge in [-0.15, -0.1) is 0 Å². The first kappa shape index (κ1) is 16.6. The lowest BCUT2D eigenvalue weighted by atomic mass is 9.93. The molecule has 2 aromatic rings. The zero-order valence-electron chi connectivity index (χ0n) is 15.3. The molecule has 0 aliphatic carbocycles. The summed E-state index contributed by atoms with van der Waals surface area (Å²) in [5, 5.41) is 0. The Kier molecular flexibility index (Phi) is 5.02. The Labute approximate surface area is 151 Å². The predicted molar refractivity (Wildman–Crippen MR) is 104 cm³/mol. The molecule has 132 valence electrons. The Morgan fingerprint density at radius 3 is 2.44 bits per heavy atom. The highest BCUT2D eigenvalue weighted by molar-refractivity contribution is 5.43. The second-order valence-electron chi connectivity index (χ2n) is 7.51. The Balaban J connectivity index is 1.55. The van der Waals surface area contributed by atoms with Crippen molar-refractivity contribution in [1.29, 1.82) is 0 Å². The lowest BCUT2D eigenvalue weighted by molar-refractivity contribution is 0.139. The monoisotopic (exact) mass is 335 g/mol. The molecule has 3 heterocycles. The van der Waals surface area contributed by atoms with Crippen LogP contribution in [0.1, 0.15) is 55.0 Å². The molecule has 0 unspecified atom stereocenters. The minimum Gasteiger partial charge on any atom is -0.357 e. The molecule has 1 aromatic carbocycles. The van der Waals surface area contributed by atoms with Gasteiger partial charge in [-0.25, -0.2) is 4.98 Å². The standard InChI is InChI=1S/C22H29N3/c1-18-20(12-13-22(23-18)24-14-7-8-15-24)21-11-5-6-16-25(21)17-19-9-3-2-4-10-19/h2-4,9-10,12-13,21H,5-8,11,14-17H2,1H3/t21-/m1/s1. The fourth-order valence-electron chi connectivity index (χ4n) is 4.38. The van der Waals surface area contributed by atoms with Crippen LogP contribution in [0.2, 0.25) is 0 Å². The second-order valence-corrected chi connectivity index (χ2v) is 7.51. The number of rotatable bonds is 4. The van der Waals surface area contributed by atoms with E-state index in [0.29, 0.717) is 6.04 Å². The van der Waals surface area contributed by atoms with Gasteiger partial charge in [0, 0.05) is 31.4 Å². The highest BCUT2D eigenvalue weighted by Crippen LogP contribution is 2.34. The molecule has 0 radical (unpaired) electrons. The highest BCUT2D eigenvalue weighted by Gasteiger charge is 2.26. The maximum absolute atomic E-state index is 4.97. The molecule has 4 rings (SSSR count). The van der Waals surface area contributed by atoms with Gasteiger partial charge >= 0.3 is 0 Å². The molecule has 2 fully saturated rings. The van der Waals surface area contributed by atoms with Crippen molar-refractivity contribution in [3.63, 3.8) is 0 Å². The second kappa shape index (κ2) is 7.57. The maximum Gasteiger partial charge on any atom is 0.128 e. The normalized spacial score (nSPS) is 21.6. The Hall–Kier alpha value is -1.87. The van der Waals surface area contributed by atoms with Crippen LogP contribution >= 0.6 is 0 Å². The third-order valence-electron chi connectivity index (χ3n) is 5.74. The molecule has 25 heavy (non-hydrogen) atoms. The molecular weight excluding hydrogens is 306 g/mol. The average Bonchev–Trinajstić information content (AvgIpc) is 3.18. The number of benzene rings is 1. The molecule has 2 saturated heterocycles. The van der Waals surface area contributed by atoms with Gasteiger partial charge in [0.25, 0.3) is 0 Å². The number of hydrogen-bond donors (Lipinski definition) is 0. The predicted octanol–water partition coefficient (Wildman–Crippen LogP) is 4.72. The van der Waals surface area contributed by atoms with Crippen molar-refractivity contribution in [2.45, 2.75) is 51.6 Å². The van der Waals surface area contributed by atoms with Crippen LogP contribution < -0.4 is 4.90 Å². The first-order chi connectivity index (χ1) is 12.3. The van der Waals surface area contributed by atoms with Crippen molar-refractivity contribution in [2.24, 2.45) is 0 Å². The largest absolute Gasteiger partial charge is 0.357 e. The summed E-state index contributed by atoms with van der Waals surface area (Å²) in [6, 6.07) is 16.0. The molecule has 0 N–H and O–H groups in total. The zero-order valence-corrected chi connectivity index (χ0v) is 15.3. The van der Waals surface area contributed by atoms with Gasteiger partial charge in [-0.05, 0) is 56.3 Å². The van der Waals surface area contributed by atoms with Crippen LogP contribution in [0.15, 0.2) is 42.5 Å². The summed E-state index contributed by atoms with van der Waals surface area (Å²) in [6.45, 7) is 6.75. The molecule has 1 aromatic heterocycles. The van der Waals surface area contributed by atoms with E-state index in [4.69, 9.17) is 4.98 Å². The lowest BCUT2D eigenvalue weighted by Crippen LogP contribution is -2.33.